The lowest BCUT2D eigenvalue weighted by atomic mass is 9.92. The smallest absolute Gasteiger partial charge is 0.223 e. The van der Waals surface area contributed by atoms with Gasteiger partial charge in [0, 0.05) is 24.0 Å². The molecule has 1 saturated heterocycles. The number of piperidine rings is 1. The molecule has 1 aromatic carbocycles. The van der Waals surface area contributed by atoms with E-state index in [0.717, 1.165) is 30.8 Å². The minimum absolute atomic E-state index is 0.187. The molecule has 0 saturated carbocycles. The average Bonchev–Trinajstić information content (AvgIpc) is 2.46. The molecule has 0 aliphatic carbocycles. The Morgan fingerprint density at radius 3 is 2.70 bits per heavy atom. The van der Waals surface area contributed by atoms with Gasteiger partial charge in [-0.3, -0.25) is 4.79 Å². The van der Waals surface area contributed by atoms with Crippen LogP contribution in [-0.4, -0.2) is 30.4 Å². The highest BCUT2D eigenvalue weighted by atomic mass is 35.5. The van der Waals surface area contributed by atoms with Gasteiger partial charge in [-0.2, -0.15) is 0 Å². The SMILES string of the molecule is CCC(CNC)N1C(=O)CCC[C@H]1c1ccc(Cl)cc1. The van der Waals surface area contributed by atoms with Crippen LogP contribution in [-0.2, 0) is 4.79 Å². The summed E-state index contributed by atoms with van der Waals surface area (Å²) in [5.41, 5.74) is 1.19. The summed E-state index contributed by atoms with van der Waals surface area (Å²) in [5, 5.41) is 3.94. The van der Waals surface area contributed by atoms with Gasteiger partial charge < -0.3 is 10.2 Å². The molecule has 20 heavy (non-hydrogen) atoms. The molecular weight excluding hydrogens is 272 g/mol. The van der Waals surface area contributed by atoms with E-state index in [0.29, 0.717) is 6.42 Å². The van der Waals surface area contributed by atoms with Crippen molar-refractivity contribution in [2.24, 2.45) is 0 Å². The number of nitrogens with one attached hydrogen (secondary N) is 1. The van der Waals surface area contributed by atoms with Crippen molar-refractivity contribution in [1.29, 1.82) is 0 Å². The number of benzene rings is 1. The fraction of sp³-hybridized carbons (Fsp3) is 0.562. The number of likely N-dealkylation sites (N-methyl/N-ethyl adjacent to an activating group) is 1. The summed E-state index contributed by atoms with van der Waals surface area (Å²) in [4.78, 5) is 14.5. The first-order chi connectivity index (χ1) is 9.67. The summed E-state index contributed by atoms with van der Waals surface area (Å²) in [6, 6.07) is 8.36. The van der Waals surface area contributed by atoms with Crippen LogP contribution in [0.4, 0.5) is 0 Å². The van der Waals surface area contributed by atoms with Gasteiger partial charge in [0.15, 0.2) is 0 Å². The van der Waals surface area contributed by atoms with Crippen molar-refractivity contribution < 1.29 is 4.79 Å². The molecule has 1 N–H and O–H groups in total. The highest BCUT2D eigenvalue weighted by Crippen LogP contribution is 2.34. The van der Waals surface area contributed by atoms with E-state index in [1.54, 1.807) is 0 Å². The van der Waals surface area contributed by atoms with Gasteiger partial charge in [0.1, 0.15) is 0 Å². The lowest BCUT2D eigenvalue weighted by Gasteiger charge is -2.41. The fourth-order valence-electron chi connectivity index (χ4n) is 3.03. The summed E-state index contributed by atoms with van der Waals surface area (Å²) in [7, 11) is 1.94. The monoisotopic (exact) mass is 294 g/mol. The molecule has 1 aromatic rings. The number of carbonyl (C=O) groups is 1. The Morgan fingerprint density at radius 2 is 2.10 bits per heavy atom. The molecule has 110 valence electrons. The molecule has 0 radical (unpaired) electrons. The number of nitrogens with zero attached hydrogens (tertiary/aromatic N) is 1. The third-order valence-corrected chi connectivity index (χ3v) is 4.30. The average molecular weight is 295 g/mol. The summed E-state index contributed by atoms with van der Waals surface area (Å²) < 4.78 is 0. The maximum atomic E-state index is 12.4. The molecule has 4 heteroatoms. The van der Waals surface area contributed by atoms with Crippen LogP contribution < -0.4 is 5.32 Å². The Labute approximate surface area is 126 Å². The van der Waals surface area contributed by atoms with Crippen LogP contribution in [0.3, 0.4) is 0 Å². The van der Waals surface area contributed by atoms with E-state index in [9.17, 15) is 4.79 Å². The van der Waals surface area contributed by atoms with Crippen LogP contribution >= 0.6 is 11.6 Å². The van der Waals surface area contributed by atoms with Gasteiger partial charge in [0.25, 0.3) is 0 Å². The van der Waals surface area contributed by atoms with Crippen LogP contribution in [0, 0.1) is 0 Å². The Bertz CT molecular complexity index is 446. The number of amides is 1. The number of carbonyl (C=O) groups excluding carboxylic acids is 1. The van der Waals surface area contributed by atoms with Crippen LogP contribution in [0.2, 0.25) is 5.02 Å². The standard InChI is InChI=1S/C16H23ClN2O/c1-3-14(11-18-2)19-15(5-4-6-16(19)20)12-7-9-13(17)10-8-12/h7-10,14-15,18H,3-6,11H2,1-2H3/t14?,15-/m0/s1. The second kappa shape index (κ2) is 7.09. The Balaban J connectivity index is 2.27. The maximum absolute atomic E-state index is 12.4. The second-order valence-corrected chi connectivity index (χ2v) is 5.82. The minimum atomic E-state index is 0.187. The van der Waals surface area contributed by atoms with Crippen molar-refractivity contribution in [1.82, 2.24) is 10.2 Å². The van der Waals surface area contributed by atoms with Crippen LogP contribution in [0.25, 0.3) is 0 Å². The number of rotatable bonds is 5. The Hall–Kier alpha value is -1.06. The van der Waals surface area contributed by atoms with Gasteiger partial charge in [-0.05, 0) is 44.0 Å². The third kappa shape index (κ3) is 3.33. The number of halogens is 1. The molecule has 1 unspecified atom stereocenters. The number of hydrogen-bond acceptors (Lipinski definition) is 2. The van der Waals surface area contributed by atoms with Crippen LogP contribution in [0.15, 0.2) is 24.3 Å². The predicted octanol–water partition coefficient (Wildman–Crippen LogP) is 3.39. The molecule has 3 nitrogen and oxygen atoms in total. The highest BCUT2D eigenvalue weighted by Gasteiger charge is 2.33. The lowest BCUT2D eigenvalue weighted by Crippen LogP contribution is -2.48. The zero-order valence-corrected chi connectivity index (χ0v) is 13.0. The molecule has 1 aliphatic heterocycles. The summed E-state index contributed by atoms with van der Waals surface area (Å²) >= 11 is 5.96. The molecular formula is C16H23ClN2O. The largest absolute Gasteiger partial charge is 0.331 e. The van der Waals surface area contributed by atoms with Gasteiger partial charge in [0.2, 0.25) is 5.91 Å². The molecule has 0 aromatic heterocycles. The molecule has 2 atom stereocenters. The van der Waals surface area contributed by atoms with Gasteiger partial charge in [0.05, 0.1) is 6.04 Å². The van der Waals surface area contributed by atoms with E-state index in [1.165, 1.54) is 5.56 Å². The molecule has 1 heterocycles. The van der Waals surface area contributed by atoms with E-state index in [1.807, 2.05) is 31.3 Å². The van der Waals surface area contributed by atoms with Crippen LogP contribution in [0.1, 0.15) is 44.2 Å². The quantitative estimate of drug-likeness (QED) is 0.903. The highest BCUT2D eigenvalue weighted by molar-refractivity contribution is 6.30. The van der Waals surface area contributed by atoms with Crippen molar-refractivity contribution in [3.63, 3.8) is 0 Å². The van der Waals surface area contributed by atoms with Gasteiger partial charge in [-0.15, -0.1) is 0 Å². The predicted molar refractivity (Wildman–Crippen MR) is 82.9 cm³/mol. The molecule has 0 spiro atoms. The fourth-order valence-corrected chi connectivity index (χ4v) is 3.16. The molecule has 0 bridgehead atoms. The molecule has 2 rings (SSSR count). The normalized spacial score (nSPS) is 21.1. The van der Waals surface area contributed by atoms with Crippen molar-refractivity contribution in [3.05, 3.63) is 34.9 Å². The van der Waals surface area contributed by atoms with Crippen molar-refractivity contribution in [2.75, 3.05) is 13.6 Å². The first-order valence-corrected chi connectivity index (χ1v) is 7.76. The maximum Gasteiger partial charge on any atom is 0.223 e. The molecule has 1 fully saturated rings. The second-order valence-electron chi connectivity index (χ2n) is 5.38. The topological polar surface area (TPSA) is 32.3 Å². The first kappa shape index (κ1) is 15.3. The van der Waals surface area contributed by atoms with Gasteiger partial charge in [-0.1, -0.05) is 30.7 Å². The Morgan fingerprint density at radius 1 is 1.40 bits per heavy atom. The number of hydrogen-bond donors (Lipinski definition) is 1. The van der Waals surface area contributed by atoms with E-state index >= 15 is 0 Å². The summed E-state index contributed by atoms with van der Waals surface area (Å²) in [6.07, 6.45) is 3.65. The first-order valence-electron chi connectivity index (χ1n) is 7.38. The zero-order valence-electron chi connectivity index (χ0n) is 12.2. The third-order valence-electron chi connectivity index (χ3n) is 4.05. The zero-order chi connectivity index (χ0) is 14.5. The van der Waals surface area contributed by atoms with Crippen LogP contribution in [0.5, 0.6) is 0 Å². The molecule has 1 amide bonds. The number of likely N-dealkylation sites (tertiary alicyclic amines) is 1. The van der Waals surface area contributed by atoms with Crippen molar-refractivity contribution in [3.8, 4) is 0 Å². The lowest BCUT2D eigenvalue weighted by molar-refractivity contribution is -0.139. The van der Waals surface area contributed by atoms with E-state index in [-0.39, 0.29) is 18.0 Å². The molecule has 1 aliphatic rings. The summed E-state index contributed by atoms with van der Waals surface area (Å²) in [6.45, 7) is 2.98. The Kier molecular flexibility index (Phi) is 5.44. The minimum Gasteiger partial charge on any atom is -0.331 e. The van der Waals surface area contributed by atoms with E-state index < -0.39 is 0 Å². The summed E-state index contributed by atoms with van der Waals surface area (Å²) in [5.74, 6) is 0.276. The van der Waals surface area contributed by atoms with E-state index in [2.05, 4.69) is 17.1 Å². The van der Waals surface area contributed by atoms with E-state index in [4.69, 9.17) is 11.6 Å². The van der Waals surface area contributed by atoms with Gasteiger partial charge in [-0.25, -0.2) is 0 Å². The van der Waals surface area contributed by atoms with Crippen molar-refractivity contribution in [2.45, 2.75) is 44.7 Å². The van der Waals surface area contributed by atoms with Crippen molar-refractivity contribution >= 4 is 17.5 Å². The van der Waals surface area contributed by atoms with Gasteiger partial charge >= 0.3 is 0 Å².